The van der Waals surface area contributed by atoms with Crippen molar-refractivity contribution in [2.75, 3.05) is 5.73 Å². The van der Waals surface area contributed by atoms with Gasteiger partial charge in [-0.3, -0.25) is 4.79 Å². The second-order valence-corrected chi connectivity index (χ2v) is 3.71. The Labute approximate surface area is 93.7 Å². The number of nitrogens with two attached hydrogens (primary N) is 1. The van der Waals surface area contributed by atoms with Crippen LogP contribution in [-0.4, -0.2) is 15.3 Å². The van der Waals surface area contributed by atoms with Gasteiger partial charge in [0.1, 0.15) is 0 Å². The van der Waals surface area contributed by atoms with Crippen molar-refractivity contribution < 1.29 is 4.79 Å². The number of anilines is 1. The van der Waals surface area contributed by atoms with Crippen molar-refractivity contribution in [2.24, 2.45) is 7.05 Å². The lowest BCUT2D eigenvalue weighted by Gasteiger charge is -2.02. The van der Waals surface area contributed by atoms with E-state index in [9.17, 15) is 4.79 Å². The number of ketones is 1. The summed E-state index contributed by atoms with van der Waals surface area (Å²) in [4.78, 5) is 15.9. The molecule has 16 heavy (non-hydrogen) atoms. The number of imidazole rings is 1. The zero-order chi connectivity index (χ0) is 11.5. The van der Waals surface area contributed by atoms with Crippen LogP contribution in [0.5, 0.6) is 0 Å². The van der Waals surface area contributed by atoms with Gasteiger partial charge in [0.05, 0.1) is 0 Å². The van der Waals surface area contributed by atoms with E-state index in [0.29, 0.717) is 17.9 Å². The molecule has 0 saturated heterocycles. The van der Waals surface area contributed by atoms with Crippen LogP contribution in [0, 0.1) is 0 Å². The quantitative estimate of drug-likeness (QED) is 0.622. The normalized spacial score (nSPS) is 10.3. The fraction of sp³-hybridized carbons (Fsp3) is 0.167. The predicted octanol–water partition coefficient (Wildman–Crippen LogP) is 1.43. The van der Waals surface area contributed by atoms with Crippen molar-refractivity contribution in [3.05, 3.63) is 48.0 Å². The lowest BCUT2D eigenvalue weighted by atomic mass is 10.1. The van der Waals surface area contributed by atoms with E-state index in [4.69, 9.17) is 5.73 Å². The Kier molecular flexibility index (Phi) is 2.72. The van der Waals surface area contributed by atoms with Crippen molar-refractivity contribution in [1.82, 2.24) is 9.55 Å². The summed E-state index contributed by atoms with van der Waals surface area (Å²) < 4.78 is 1.72. The van der Waals surface area contributed by atoms with E-state index in [0.717, 1.165) is 5.56 Å². The first kappa shape index (κ1) is 10.4. The van der Waals surface area contributed by atoms with Crippen LogP contribution in [0.25, 0.3) is 0 Å². The first-order valence-corrected chi connectivity index (χ1v) is 5.02. The van der Waals surface area contributed by atoms with E-state index in [1.165, 1.54) is 0 Å². The summed E-state index contributed by atoms with van der Waals surface area (Å²) in [6.45, 7) is 0. The zero-order valence-electron chi connectivity index (χ0n) is 9.05. The third-order valence-electron chi connectivity index (χ3n) is 2.39. The van der Waals surface area contributed by atoms with E-state index >= 15 is 0 Å². The number of nitrogens with zero attached hydrogens (tertiary/aromatic N) is 2. The first-order chi connectivity index (χ1) is 7.66. The average Bonchev–Trinajstić information content (AvgIpc) is 2.64. The SMILES string of the molecule is Cn1ccnc1C(=O)Cc1cccc(N)c1. The summed E-state index contributed by atoms with van der Waals surface area (Å²) in [5.41, 5.74) is 7.23. The monoisotopic (exact) mass is 215 g/mol. The predicted molar refractivity (Wildman–Crippen MR) is 62.1 cm³/mol. The molecule has 0 unspecified atom stereocenters. The molecule has 0 fully saturated rings. The van der Waals surface area contributed by atoms with E-state index in [-0.39, 0.29) is 5.78 Å². The minimum absolute atomic E-state index is 0.00176. The number of hydrogen-bond donors (Lipinski definition) is 1. The summed E-state index contributed by atoms with van der Waals surface area (Å²) >= 11 is 0. The summed E-state index contributed by atoms with van der Waals surface area (Å²) in [7, 11) is 1.81. The topological polar surface area (TPSA) is 60.9 Å². The van der Waals surface area contributed by atoms with Crippen molar-refractivity contribution in [3.63, 3.8) is 0 Å². The molecule has 0 radical (unpaired) electrons. The van der Waals surface area contributed by atoms with Gasteiger partial charge in [0.15, 0.2) is 5.82 Å². The third-order valence-corrected chi connectivity index (χ3v) is 2.39. The highest BCUT2D eigenvalue weighted by Gasteiger charge is 2.11. The molecule has 1 aromatic heterocycles. The van der Waals surface area contributed by atoms with Gasteiger partial charge in [-0.2, -0.15) is 0 Å². The Hall–Kier alpha value is -2.10. The molecule has 1 heterocycles. The molecule has 2 N–H and O–H groups in total. The van der Waals surface area contributed by atoms with Gasteiger partial charge in [0.2, 0.25) is 5.78 Å². The molecule has 0 saturated carbocycles. The second kappa shape index (κ2) is 4.18. The largest absolute Gasteiger partial charge is 0.399 e. The molecular formula is C12H13N3O. The highest BCUT2D eigenvalue weighted by molar-refractivity contribution is 5.94. The number of carbonyl (C=O) groups is 1. The van der Waals surface area contributed by atoms with Crippen LogP contribution in [0.3, 0.4) is 0 Å². The van der Waals surface area contributed by atoms with E-state index in [1.54, 1.807) is 36.1 Å². The van der Waals surface area contributed by atoms with Crippen molar-refractivity contribution in [1.29, 1.82) is 0 Å². The van der Waals surface area contributed by atoms with Crippen LogP contribution in [0.1, 0.15) is 16.2 Å². The molecule has 0 bridgehead atoms. The smallest absolute Gasteiger partial charge is 0.202 e. The Balaban J connectivity index is 2.17. The van der Waals surface area contributed by atoms with Crippen molar-refractivity contribution in [2.45, 2.75) is 6.42 Å². The maximum Gasteiger partial charge on any atom is 0.202 e. The number of aromatic nitrogens is 2. The number of aryl methyl sites for hydroxylation is 1. The van der Waals surface area contributed by atoms with Gasteiger partial charge in [0.25, 0.3) is 0 Å². The number of carbonyl (C=O) groups excluding carboxylic acids is 1. The Morgan fingerprint density at radius 2 is 2.31 bits per heavy atom. The van der Waals surface area contributed by atoms with Crippen LogP contribution in [0.2, 0.25) is 0 Å². The van der Waals surface area contributed by atoms with Gasteiger partial charge >= 0.3 is 0 Å². The molecule has 4 heteroatoms. The van der Waals surface area contributed by atoms with Gasteiger partial charge in [-0.1, -0.05) is 12.1 Å². The molecule has 0 aliphatic carbocycles. The second-order valence-electron chi connectivity index (χ2n) is 3.71. The third kappa shape index (κ3) is 2.11. The summed E-state index contributed by atoms with van der Waals surface area (Å²) in [6.07, 6.45) is 3.70. The van der Waals surface area contributed by atoms with Gasteiger partial charge in [-0.25, -0.2) is 4.98 Å². The number of rotatable bonds is 3. The highest BCUT2D eigenvalue weighted by atomic mass is 16.1. The Bertz CT molecular complexity index is 516. The van der Waals surface area contributed by atoms with Crippen LogP contribution < -0.4 is 5.73 Å². The van der Waals surface area contributed by atoms with Crippen molar-refractivity contribution in [3.8, 4) is 0 Å². The van der Waals surface area contributed by atoms with Crippen LogP contribution in [0.15, 0.2) is 36.7 Å². The Morgan fingerprint density at radius 3 is 2.94 bits per heavy atom. The van der Waals surface area contributed by atoms with E-state index in [1.807, 2.05) is 12.1 Å². The highest BCUT2D eigenvalue weighted by Crippen LogP contribution is 2.09. The molecule has 4 nitrogen and oxygen atoms in total. The molecule has 82 valence electrons. The number of hydrogen-bond acceptors (Lipinski definition) is 3. The lowest BCUT2D eigenvalue weighted by molar-refractivity contribution is 0.0980. The molecule has 0 aliphatic rings. The Morgan fingerprint density at radius 1 is 1.50 bits per heavy atom. The lowest BCUT2D eigenvalue weighted by Crippen LogP contribution is -2.10. The first-order valence-electron chi connectivity index (χ1n) is 5.02. The molecule has 2 rings (SSSR count). The van der Waals surface area contributed by atoms with Gasteiger partial charge < -0.3 is 10.3 Å². The standard InChI is InChI=1S/C12H13N3O/c1-15-6-5-14-12(15)11(16)8-9-3-2-4-10(13)7-9/h2-7H,8,13H2,1H3. The minimum atomic E-state index is -0.00176. The summed E-state index contributed by atoms with van der Waals surface area (Å²) in [6, 6.07) is 7.34. The maximum atomic E-state index is 11.9. The number of benzene rings is 1. The zero-order valence-corrected chi connectivity index (χ0v) is 9.05. The fourth-order valence-electron chi connectivity index (χ4n) is 1.60. The molecule has 0 atom stereocenters. The fourth-order valence-corrected chi connectivity index (χ4v) is 1.60. The van der Waals surface area contributed by atoms with Crippen LogP contribution in [0.4, 0.5) is 5.69 Å². The molecule has 0 amide bonds. The maximum absolute atomic E-state index is 11.9. The molecule has 2 aromatic rings. The minimum Gasteiger partial charge on any atom is -0.399 e. The van der Waals surface area contributed by atoms with Gasteiger partial charge in [0, 0.05) is 31.5 Å². The van der Waals surface area contributed by atoms with E-state index in [2.05, 4.69) is 4.98 Å². The van der Waals surface area contributed by atoms with Crippen LogP contribution in [-0.2, 0) is 13.5 Å². The van der Waals surface area contributed by atoms with E-state index < -0.39 is 0 Å². The van der Waals surface area contributed by atoms with Crippen LogP contribution >= 0.6 is 0 Å². The average molecular weight is 215 g/mol. The summed E-state index contributed by atoms with van der Waals surface area (Å²) in [5, 5.41) is 0. The molecule has 0 aliphatic heterocycles. The molecular weight excluding hydrogens is 202 g/mol. The molecule has 1 aromatic carbocycles. The molecule has 0 spiro atoms. The number of Topliss-reactive ketones (excluding diaryl/α,β-unsaturated/α-hetero) is 1. The summed E-state index contributed by atoms with van der Waals surface area (Å²) in [5.74, 6) is 0.473. The number of nitrogen functional groups attached to an aromatic ring is 1. The van der Waals surface area contributed by atoms with Crippen molar-refractivity contribution >= 4 is 11.5 Å². The van der Waals surface area contributed by atoms with Gasteiger partial charge in [-0.15, -0.1) is 0 Å². The van der Waals surface area contributed by atoms with Gasteiger partial charge in [-0.05, 0) is 17.7 Å².